The number of carboxylic acids is 1. The molecule has 61 heavy (non-hydrogen) atoms. The lowest BCUT2D eigenvalue weighted by Gasteiger charge is -2.34. The van der Waals surface area contributed by atoms with Gasteiger partial charge >= 0.3 is 11.9 Å². The lowest BCUT2D eigenvalue weighted by atomic mass is 10.1. The normalized spacial score (nSPS) is 13.0. The Morgan fingerprint density at radius 2 is 0.820 bits per heavy atom. The molecule has 0 saturated heterocycles. The van der Waals surface area contributed by atoms with E-state index >= 15 is 0 Å². The summed E-state index contributed by atoms with van der Waals surface area (Å²) in [6, 6.07) is -0.726. The van der Waals surface area contributed by atoms with Gasteiger partial charge in [0.05, 0.1) is 40.3 Å². The minimum absolute atomic E-state index is 0.0392. The fourth-order valence-corrected chi connectivity index (χ4v) is 7.77. The summed E-state index contributed by atoms with van der Waals surface area (Å²) in [6.45, 7) is 4.68. The van der Waals surface area contributed by atoms with Gasteiger partial charge < -0.3 is 28.6 Å². The monoisotopic (exact) mass is 862 g/mol. The summed E-state index contributed by atoms with van der Waals surface area (Å²) in [5, 5.41) is 11.7. The van der Waals surface area contributed by atoms with Crippen molar-refractivity contribution in [2.24, 2.45) is 0 Å². The Bertz CT molecular complexity index is 1050. The van der Waals surface area contributed by atoms with Crippen molar-refractivity contribution in [1.82, 2.24) is 0 Å². The van der Waals surface area contributed by atoms with Gasteiger partial charge in [-0.1, -0.05) is 186 Å². The van der Waals surface area contributed by atoms with Crippen LogP contribution < -0.4 is 5.11 Å². The highest BCUT2D eigenvalue weighted by atomic mass is 16.6. The van der Waals surface area contributed by atoms with Crippen LogP contribution in [0.2, 0.25) is 0 Å². The van der Waals surface area contributed by atoms with Crippen molar-refractivity contribution in [3.8, 4) is 0 Å². The summed E-state index contributed by atoms with van der Waals surface area (Å²) in [5.41, 5.74) is 0. The zero-order valence-corrected chi connectivity index (χ0v) is 40.8. The second-order valence-electron chi connectivity index (χ2n) is 18.8. The van der Waals surface area contributed by atoms with Crippen molar-refractivity contribution in [1.29, 1.82) is 0 Å². The van der Waals surface area contributed by atoms with Gasteiger partial charge in [0.15, 0.2) is 6.10 Å². The molecule has 0 aliphatic rings. The van der Waals surface area contributed by atoms with Crippen LogP contribution in [-0.2, 0) is 28.6 Å². The molecule has 0 aromatic rings. The van der Waals surface area contributed by atoms with E-state index in [9.17, 15) is 19.5 Å². The number of carboxylic acid groups (broad SMARTS) is 1. The molecule has 0 saturated carbocycles. The lowest BCUT2D eigenvalue weighted by Crippen LogP contribution is -2.55. The Morgan fingerprint density at radius 3 is 1.18 bits per heavy atom. The molecule has 358 valence electrons. The number of carbonyl (C=O) groups is 3. The summed E-state index contributed by atoms with van der Waals surface area (Å²) < 4.78 is 17.2. The molecule has 0 aliphatic carbocycles. The van der Waals surface area contributed by atoms with Gasteiger partial charge in [0.2, 0.25) is 0 Å². The maximum absolute atomic E-state index is 12.8. The first-order chi connectivity index (χ1) is 29.6. The number of carbonyl (C=O) groups excluding carboxylic acids is 3. The number of hydrogen-bond donors (Lipinski definition) is 0. The molecule has 0 rings (SSSR count). The van der Waals surface area contributed by atoms with E-state index in [2.05, 4.69) is 38.2 Å². The van der Waals surface area contributed by atoms with Crippen LogP contribution >= 0.6 is 0 Å². The van der Waals surface area contributed by atoms with Crippen LogP contribution in [0.5, 0.6) is 0 Å². The van der Waals surface area contributed by atoms with Gasteiger partial charge in [0.1, 0.15) is 12.6 Å². The quantitative estimate of drug-likeness (QED) is 0.0260. The molecule has 2 atom stereocenters. The van der Waals surface area contributed by atoms with Crippen LogP contribution in [-0.4, -0.2) is 75.5 Å². The Labute approximate surface area is 377 Å². The number of quaternary nitrogens is 1. The molecule has 0 aromatic carbocycles. The standard InChI is InChI=1S/C53H99NO7/c1-6-8-10-12-14-16-18-20-22-24-25-26-27-28-30-31-33-35-37-39-41-43-51(55)60-48-49(47-59-46-45-50(53(57)58)54(3,4)5)61-52(56)44-42-40-38-36-34-32-29-23-21-19-17-15-13-11-9-7-2/h23,26-27,29,49-50H,6-22,24-25,28,30-48H2,1-5H3/b27-26+,29-23+. The van der Waals surface area contributed by atoms with Gasteiger partial charge in [0.25, 0.3) is 0 Å². The number of rotatable bonds is 47. The van der Waals surface area contributed by atoms with Gasteiger partial charge in [-0.3, -0.25) is 9.59 Å². The highest BCUT2D eigenvalue weighted by molar-refractivity contribution is 5.70. The molecular formula is C53H99NO7. The summed E-state index contributed by atoms with van der Waals surface area (Å²) in [7, 11) is 5.42. The summed E-state index contributed by atoms with van der Waals surface area (Å²) >= 11 is 0. The predicted molar refractivity (Wildman–Crippen MR) is 254 cm³/mol. The Kier molecular flexibility index (Phi) is 42.8. The highest BCUT2D eigenvalue weighted by Gasteiger charge is 2.25. The van der Waals surface area contributed by atoms with Crippen LogP contribution in [0, 0.1) is 0 Å². The lowest BCUT2D eigenvalue weighted by molar-refractivity contribution is -0.889. The number of likely N-dealkylation sites (N-methyl/N-ethyl adjacent to an activating group) is 1. The summed E-state index contributed by atoms with van der Waals surface area (Å²) in [6.07, 6.45) is 50.6. The van der Waals surface area contributed by atoms with E-state index in [4.69, 9.17) is 14.2 Å². The molecule has 0 fully saturated rings. The van der Waals surface area contributed by atoms with E-state index in [1.54, 1.807) is 21.1 Å². The zero-order valence-electron chi connectivity index (χ0n) is 40.8. The van der Waals surface area contributed by atoms with Gasteiger partial charge in [-0.2, -0.15) is 0 Å². The average Bonchev–Trinajstić information content (AvgIpc) is 3.22. The van der Waals surface area contributed by atoms with Crippen LogP contribution in [0.25, 0.3) is 0 Å². The van der Waals surface area contributed by atoms with Gasteiger partial charge in [-0.25, -0.2) is 0 Å². The average molecular weight is 862 g/mol. The molecule has 8 heteroatoms. The number of ether oxygens (including phenoxy) is 3. The molecule has 2 unspecified atom stereocenters. The zero-order chi connectivity index (χ0) is 44.9. The van der Waals surface area contributed by atoms with Crippen molar-refractivity contribution < 1.29 is 38.2 Å². The number of aliphatic carboxylic acids is 1. The first kappa shape index (κ1) is 58.8. The molecule has 0 aliphatic heterocycles. The number of unbranched alkanes of at least 4 members (excludes halogenated alkanes) is 29. The van der Waals surface area contributed by atoms with Crippen LogP contribution in [0.3, 0.4) is 0 Å². The van der Waals surface area contributed by atoms with E-state index in [0.717, 1.165) is 51.4 Å². The van der Waals surface area contributed by atoms with Gasteiger partial charge in [0, 0.05) is 19.3 Å². The van der Waals surface area contributed by atoms with E-state index in [1.165, 1.54) is 161 Å². The second kappa shape index (κ2) is 44.4. The maximum atomic E-state index is 12.8. The van der Waals surface area contributed by atoms with Crippen LogP contribution in [0.15, 0.2) is 24.3 Å². The molecule has 0 spiro atoms. The topological polar surface area (TPSA) is 102 Å². The van der Waals surface area contributed by atoms with Crippen molar-refractivity contribution in [3.05, 3.63) is 24.3 Å². The Hall–Kier alpha value is -2.19. The first-order valence-corrected chi connectivity index (χ1v) is 25.9. The SMILES string of the molecule is CCCCCCCCC/C=C/CCCCCCCC(=O)OC(COCCC(C(=O)[O-])[N+](C)(C)C)COC(=O)CCCCCCCCC/C=C/CCCCCCCCCCCC. The van der Waals surface area contributed by atoms with E-state index in [1.807, 2.05) is 0 Å². The fourth-order valence-electron chi connectivity index (χ4n) is 7.77. The summed E-state index contributed by atoms with van der Waals surface area (Å²) in [5.74, 6) is -1.74. The largest absolute Gasteiger partial charge is 0.544 e. The van der Waals surface area contributed by atoms with Crippen molar-refractivity contribution in [2.45, 2.75) is 257 Å². The molecular weight excluding hydrogens is 763 g/mol. The molecule has 0 heterocycles. The first-order valence-electron chi connectivity index (χ1n) is 25.9. The molecule has 0 radical (unpaired) electrons. The number of hydrogen-bond acceptors (Lipinski definition) is 7. The van der Waals surface area contributed by atoms with E-state index < -0.39 is 18.1 Å². The van der Waals surface area contributed by atoms with Crippen LogP contribution in [0.1, 0.15) is 245 Å². The smallest absolute Gasteiger partial charge is 0.306 e. The van der Waals surface area contributed by atoms with E-state index in [0.29, 0.717) is 12.8 Å². The molecule has 0 amide bonds. The Balaban J connectivity index is 4.23. The Morgan fingerprint density at radius 1 is 0.475 bits per heavy atom. The maximum Gasteiger partial charge on any atom is 0.306 e. The molecule has 0 N–H and O–H groups in total. The van der Waals surface area contributed by atoms with E-state index in [-0.39, 0.29) is 42.7 Å². The molecule has 8 nitrogen and oxygen atoms in total. The highest BCUT2D eigenvalue weighted by Crippen LogP contribution is 2.15. The third kappa shape index (κ3) is 42.9. The fraction of sp³-hybridized carbons (Fsp3) is 0.868. The second-order valence-corrected chi connectivity index (χ2v) is 18.8. The van der Waals surface area contributed by atoms with Crippen LogP contribution in [0.4, 0.5) is 0 Å². The molecule has 0 aromatic heterocycles. The number of allylic oxidation sites excluding steroid dienone is 4. The minimum atomic E-state index is -1.12. The third-order valence-electron chi connectivity index (χ3n) is 11.8. The van der Waals surface area contributed by atoms with Crippen molar-refractivity contribution in [2.75, 3.05) is 41.0 Å². The molecule has 0 bridgehead atoms. The number of nitrogens with zero attached hydrogens (tertiary/aromatic N) is 1. The van der Waals surface area contributed by atoms with Crippen molar-refractivity contribution >= 4 is 17.9 Å². The van der Waals surface area contributed by atoms with Gasteiger partial charge in [-0.15, -0.1) is 0 Å². The third-order valence-corrected chi connectivity index (χ3v) is 11.8. The minimum Gasteiger partial charge on any atom is -0.544 e. The predicted octanol–water partition coefficient (Wildman–Crippen LogP) is 13.5. The van der Waals surface area contributed by atoms with Crippen molar-refractivity contribution in [3.63, 3.8) is 0 Å². The number of esters is 2. The summed E-state index contributed by atoms with van der Waals surface area (Å²) in [4.78, 5) is 37.0. The van der Waals surface area contributed by atoms with Gasteiger partial charge in [-0.05, 0) is 64.2 Å².